The van der Waals surface area contributed by atoms with E-state index in [9.17, 15) is 0 Å². The molecule has 0 aliphatic heterocycles. The Bertz CT molecular complexity index is 225. The largest absolute Gasteiger partial charge is 0.0991 e. The van der Waals surface area contributed by atoms with Gasteiger partial charge in [0.15, 0.2) is 0 Å². The van der Waals surface area contributed by atoms with Crippen LogP contribution in [0.15, 0.2) is 62.2 Å². The molecule has 0 heterocycles. The van der Waals surface area contributed by atoms with E-state index in [1.165, 1.54) is 5.56 Å². The predicted octanol–water partition coefficient (Wildman–Crippen LogP) is 4.71. The number of benzene rings is 1. The van der Waals surface area contributed by atoms with E-state index in [4.69, 9.17) is 0 Å². The molecule has 76 valence electrons. The summed E-state index contributed by atoms with van der Waals surface area (Å²) in [5.41, 5.74) is 1.17. The minimum atomic E-state index is 1.17. The molecule has 0 aliphatic rings. The summed E-state index contributed by atoms with van der Waals surface area (Å²) in [4.78, 5) is 0. The van der Waals surface area contributed by atoms with E-state index < -0.39 is 0 Å². The van der Waals surface area contributed by atoms with Gasteiger partial charge in [0.2, 0.25) is 0 Å². The first-order valence-electron chi connectivity index (χ1n) is 4.76. The van der Waals surface area contributed by atoms with Crippen LogP contribution < -0.4 is 0 Å². The highest BCUT2D eigenvalue weighted by molar-refractivity contribution is 5.45. The minimum Gasteiger partial charge on any atom is -0.0991 e. The van der Waals surface area contributed by atoms with Crippen LogP contribution in [-0.4, -0.2) is 0 Å². The third-order valence-corrected chi connectivity index (χ3v) is 1.20. The molecule has 0 nitrogen and oxygen atoms in total. The topological polar surface area (TPSA) is 0 Å². The highest BCUT2D eigenvalue weighted by atomic mass is 13.8. The van der Waals surface area contributed by atoms with E-state index in [1.807, 2.05) is 50.3 Å². The van der Waals surface area contributed by atoms with Gasteiger partial charge in [-0.3, -0.25) is 0 Å². The van der Waals surface area contributed by atoms with Crippen LogP contribution in [0.1, 0.15) is 19.4 Å². The van der Waals surface area contributed by atoms with Crippen LogP contribution in [0.25, 0.3) is 6.08 Å². The molecule has 0 aliphatic carbocycles. The van der Waals surface area contributed by atoms with E-state index >= 15 is 0 Å². The number of allylic oxidation sites excluding steroid dienone is 2. The third kappa shape index (κ3) is 10.4. The van der Waals surface area contributed by atoms with Crippen molar-refractivity contribution < 1.29 is 0 Å². The van der Waals surface area contributed by atoms with Gasteiger partial charge in [0.05, 0.1) is 0 Å². The van der Waals surface area contributed by atoms with Gasteiger partial charge in [0.1, 0.15) is 0 Å². The molecule has 0 N–H and O–H groups in total. The Hall–Kier alpha value is -1.56. The van der Waals surface area contributed by atoms with Gasteiger partial charge in [-0.25, -0.2) is 0 Å². The maximum atomic E-state index is 3.63. The van der Waals surface area contributed by atoms with E-state index in [2.05, 4.69) is 19.7 Å². The Morgan fingerprint density at radius 2 is 1.29 bits per heavy atom. The molecule has 1 aromatic rings. The quantitative estimate of drug-likeness (QED) is 0.589. The van der Waals surface area contributed by atoms with Gasteiger partial charge in [-0.2, -0.15) is 0 Å². The lowest BCUT2D eigenvalue weighted by atomic mass is 10.2. The highest BCUT2D eigenvalue weighted by Crippen LogP contribution is 1.97. The van der Waals surface area contributed by atoms with Crippen molar-refractivity contribution in [3.05, 3.63) is 67.8 Å². The van der Waals surface area contributed by atoms with Crippen LogP contribution in [0.3, 0.4) is 0 Å². The number of rotatable bonds is 2. The second-order valence-electron chi connectivity index (χ2n) is 2.09. The van der Waals surface area contributed by atoms with E-state index in [-0.39, 0.29) is 0 Å². The first-order valence-corrected chi connectivity index (χ1v) is 4.76. The Morgan fingerprint density at radius 3 is 1.50 bits per heavy atom. The van der Waals surface area contributed by atoms with Gasteiger partial charge in [-0.15, -0.1) is 0 Å². The lowest BCUT2D eigenvalue weighted by Crippen LogP contribution is -1.63. The maximum Gasteiger partial charge on any atom is -0.0263 e. The van der Waals surface area contributed by atoms with Crippen molar-refractivity contribution in [1.29, 1.82) is 0 Å². The lowest BCUT2D eigenvalue weighted by molar-refractivity contribution is 1.50. The van der Waals surface area contributed by atoms with Crippen LogP contribution in [0.5, 0.6) is 0 Å². The Morgan fingerprint density at radius 1 is 0.857 bits per heavy atom. The van der Waals surface area contributed by atoms with Crippen molar-refractivity contribution in [2.75, 3.05) is 0 Å². The summed E-state index contributed by atoms with van der Waals surface area (Å²) in [5.74, 6) is 0. The molecule has 0 aromatic heterocycles. The summed E-state index contributed by atoms with van der Waals surface area (Å²) in [6, 6.07) is 10.0. The first-order chi connectivity index (χ1) is 6.85. The molecule has 0 amide bonds. The normalized spacial score (nSPS) is 6.71. The lowest BCUT2D eigenvalue weighted by Gasteiger charge is -1.85. The molecule has 0 saturated heterocycles. The van der Waals surface area contributed by atoms with Crippen LogP contribution in [0, 0.1) is 0 Å². The van der Waals surface area contributed by atoms with Crippen molar-refractivity contribution >= 4 is 6.08 Å². The zero-order valence-corrected chi connectivity index (χ0v) is 9.24. The van der Waals surface area contributed by atoms with Crippen molar-refractivity contribution in [3.8, 4) is 0 Å². The first kappa shape index (κ1) is 14.9. The van der Waals surface area contributed by atoms with Gasteiger partial charge >= 0.3 is 0 Å². The standard InChI is InChI=1S/C8H8.C4H6.C2H6/c1-2-8-6-4-3-5-7-8;1-3-4-2;1-2/h2-7H,1H2;3-4H,1-2H2;1-2H3. The average Bonchev–Trinajstić information content (AvgIpc) is 2.33. The summed E-state index contributed by atoms with van der Waals surface area (Å²) in [6.07, 6.45) is 5.11. The van der Waals surface area contributed by atoms with Gasteiger partial charge in [0.25, 0.3) is 0 Å². The van der Waals surface area contributed by atoms with Gasteiger partial charge in [-0.05, 0) is 5.56 Å². The average molecular weight is 188 g/mol. The van der Waals surface area contributed by atoms with Crippen LogP contribution in [0.2, 0.25) is 0 Å². The van der Waals surface area contributed by atoms with Crippen molar-refractivity contribution in [1.82, 2.24) is 0 Å². The van der Waals surface area contributed by atoms with Gasteiger partial charge in [0, 0.05) is 0 Å². The molecule has 0 heteroatoms. The zero-order chi connectivity index (χ0) is 11.2. The number of hydrogen-bond acceptors (Lipinski definition) is 0. The maximum absolute atomic E-state index is 3.63. The second kappa shape index (κ2) is 14.0. The van der Waals surface area contributed by atoms with Crippen molar-refractivity contribution in [3.63, 3.8) is 0 Å². The van der Waals surface area contributed by atoms with E-state index in [0.717, 1.165) is 0 Å². The zero-order valence-electron chi connectivity index (χ0n) is 9.24. The summed E-state index contributed by atoms with van der Waals surface area (Å²) in [5, 5.41) is 0. The summed E-state index contributed by atoms with van der Waals surface area (Å²) in [6.45, 7) is 14.4. The minimum absolute atomic E-state index is 1.17. The monoisotopic (exact) mass is 188 g/mol. The molecule has 0 radical (unpaired) electrons. The number of hydrogen-bond donors (Lipinski definition) is 0. The molecule has 0 spiro atoms. The fraction of sp³-hybridized carbons (Fsp3) is 0.143. The van der Waals surface area contributed by atoms with Crippen LogP contribution in [-0.2, 0) is 0 Å². The molecule has 0 fully saturated rings. The molecule has 0 atom stereocenters. The summed E-state index contributed by atoms with van der Waals surface area (Å²) >= 11 is 0. The third-order valence-electron chi connectivity index (χ3n) is 1.20. The Balaban J connectivity index is 0. The van der Waals surface area contributed by atoms with Crippen molar-refractivity contribution in [2.45, 2.75) is 13.8 Å². The van der Waals surface area contributed by atoms with Crippen molar-refractivity contribution in [2.24, 2.45) is 0 Å². The molecule has 1 aromatic carbocycles. The molecular weight excluding hydrogens is 168 g/mol. The Kier molecular flexibility index (Phi) is 14.9. The smallest absolute Gasteiger partial charge is 0.0263 e. The van der Waals surface area contributed by atoms with Gasteiger partial charge < -0.3 is 0 Å². The second-order valence-corrected chi connectivity index (χ2v) is 2.09. The summed E-state index contributed by atoms with van der Waals surface area (Å²) < 4.78 is 0. The van der Waals surface area contributed by atoms with E-state index in [1.54, 1.807) is 12.2 Å². The fourth-order valence-corrected chi connectivity index (χ4v) is 0.589. The van der Waals surface area contributed by atoms with Crippen LogP contribution >= 0.6 is 0 Å². The molecule has 14 heavy (non-hydrogen) atoms. The molecule has 0 bridgehead atoms. The summed E-state index contributed by atoms with van der Waals surface area (Å²) in [7, 11) is 0. The van der Waals surface area contributed by atoms with Gasteiger partial charge in [-0.1, -0.05) is 82.1 Å². The highest BCUT2D eigenvalue weighted by Gasteiger charge is 1.75. The Labute approximate surface area is 88.3 Å². The van der Waals surface area contributed by atoms with E-state index in [0.29, 0.717) is 0 Å². The molecule has 0 saturated carbocycles. The SMILES string of the molecule is C=CC=C.C=Cc1ccccc1.CC. The van der Waals surface area contributed by atoms with Crippen LogP contribution in [0.4, 0.5) is 0 Å². The molecular formula is C14H20. The molecule has 1 rings (SSSR count). The molecule has 0 unspecified atom stereocenters. The predicted molar refractivity (Wildman–Crippen MR) is 68.3 cm³/mol. The fourth-order valence-electron chi connectivity index (χ4n) is 0.589.